The first-order valence-electron chi connectivity index (χ1n) is 9.97. The monoisotopic (exact) mass is 421 g/mol. The molecular weight excluding hydrogens is 398 g/mol. The molecule has 0 unspecified atom stereocenters. The highest BCUT2D eigenvalue weighted by Crippen LogP contribution is 2.22. The van der Waals surface area contributed by atoms with Crippen molar-refractivity contribution in [3.8, 4) is 11.3 Å². The third kappa shape index (κ3) is 4.54. The van der Waals surface area contributed by atoms with E-state index in [1.165, 1.54) is 5.56 Å². The fraction of sp³-hybridized carbons (Fsp3) is 0.261. The number of urea groups is 1. The number of piperazine rings is 1. The topological polar surface area (TPSA) is 61.4 Å². The summed E-state index contributed by atoms with van der Waals surface area (Å²) in [6.07, 6.45) is 0. The Morgan fingerprint density at radius 1 is 0.933 bits per heavy atom. The van der Waals surface area contributed by atoms with Crippen LogP contribution in [0.1, 0.15) is 11.1 Å². The zero-order chi connectivity index (χ0) is 21.1. The van der Waals surface area contributed by atoms with E-state index in [2.05, 4.69) is 26.5 Å². The Kier molecular flexibility index (Phi) is 5.86. The summed E-state index contributed by atoms with van der Waals surface area (Å²) in [6, 6.07) is 17.4. The standard InChI is InChI=1S/C23H24ClN5O/c1-16-3-8-20(17(2)15-16)25-23(30)29-13-11-28(12-14-29)22-10-9-21(26-27-22)18-4-6-19(24)7-5-18/h3-10,15H,11-14H2,1-2H3,(H,25,30). The van der Waals surface area contributed by atoms with Crippen molar-refractivity contribution >= 4 is 29.1 Å². The molecule has 0 aliphatic carbocycles. The van der Waals surface area contributed by atoms with Gasteiger partial charge >= 0.3 is 6.03 Å². The van der Waals surface area contributed by atoms with E-state index in [9.17, 15) is 4.79 Å². The Balaban J connectivity index is 1.34. The molecule has 4 rings (SSSR count). The summed E-state index contributed by atoms with van der Waals surface area (Å²) in [4.78, 5) is 16.6. The minimum absolute atomic E-state index is 0.0641. The highest BCUT2D eigenvalue weighted by molar-refractivity contribution is 6.30. The van der Waals surface area contributed by atoms with Crippen LogP contribution in [0.25, 0.3) is 11.3 Å². The van der Waals surface area contributed by atoms with Gasteiger partial charge in [0.1, 0.15) is 0 Å². The fourth-order valence-corrected chi connectivity index (χ4v) is 3.68. The second kappa shape index (κ2) is 8.71. The van der Waals surface area contributed by atoms with Gasteiger partial charge in [-0.25, -0.2) is 4.79 Å². The van der Waals surface area contributed by atoms with Gasteiger partial charge in [-0.3, -0.25) is 0 Å². The summed E-state index contributed by atoms with van der Waals surface area (Å²) in [7, 11) is 0. The van der Waals surface area contributed by atoms with Gasteiger partial charge in [-0.15, -0.1) is 10.2 Å². The van der Waals surface area contributed by atoms with Crippen molar-refractivity contribution in [3.63, 3.8) is 0 Å². The van der Waals surface area contributed by atoms with Crippen molar-refractivity contribution < 1.29 is 4.79 Å². The Hall–Kier alpha value is -3.12. The Labute approximate surface area is 181 Å². The number of carbonyl (C=O) groups is 1. The SMILES string of the molecule is Cc1ccc(NC(=O)N2CCN(c3ccc(-c4ccc(Cl)cc4)nn3)CC2)c(C)c1. The molecule has 1 aromatic heterocycles. The summed E-state index contributed by atoms with van der Waals surface area (Å²) in [5, 5.41) is 12.5. The first kappa shape index (κ1) is 20.2. The van der Waals surface area contributed by atoms with Crippen LogP contribution in [0.5, 0.6) is 0 Å². The highest BCUT2D eigenvalue weighted by atomic mass is 35.5. The predicted octanol–water partition coefficient (Wildman–Crippen LogP) is 4.77. The number of anilines is 2. The van der Waals surface area contributed by atoms with Crippen LogP contribution < -0.4 is 10.2 Å². The van der Waals surface area contributed by atoms with Gasteiger partial charge in [-0.1, -0.05) is 41.4 Å². The lowest BCUT2D eigenvalue weighted by atomic mass is 10.1. The second-order valence-corrected chi connectivity index (χ2v) is 7.94. The molecule has 0 radical (unpaired) electrons. The maximum atomic E-state index is 12.6. The number of halogens is 1. The summed E-state index contributed by atoms with van der Waals surface area (Å²) >= 11 is 5.94. The average molecular weight is 422 g/mol. The summed E-state index contributed by atoms with van der Waals surface area (Å²) in [5.74, 6) is 0.821. The summed E-state index contributed by atoms with van der Waals surface area (Å²) in [5.41, 5.74) is 4.89. The van der Waals surface area contributed by atoms with Gasteiger partial charge in [0.15, 0.2) is 5.82 Å². The van der Waals surface area contributed by atoms with Gasteiger partial charge in [0.2, 0.25) is 0 Å². The van der Waals surface area contributed by atoms with Crippen LogP contribution in [0.2, 0.25) is 5.02 Å². The molecule has 0 saturated carbocycles. The number of aryl methyl sites for hydroxylation is 2. The molecule has 1 N–H and O–H groups in total. The van der Waals surface area contributed by atoms with Crippen LogP contribution in [0.4, 0.5) is 16.3 Å². The summed E-state index contributed by atoms with van der Waals surface area (Å²) in [6.45, 7) is 6.76. The molecule has 6 nitrogen and oxygen atoms in total. The molecule has 7 heteroatoms. The number of hydrogen-bond acceptors (Lipinski definition) is 4. The van der Waals surface area contributed by atoms with Gasteiger partial charge in [0.25, 0.3) is 0 Å². The van der Waals surface area contributed by atoms with Gasteiger partial charge in [-0.05, 0) is 49.7 Å². The second-order valence-electron chi connectivity index (χ2n) is 7.51. The lowest BCUT2D eigenvalue weighted by Gasteiger charge is -2.35. The normalized spacial score (nSPS) is 14.0. The van der Waals surface area contributed by atoms with Gasteiger partial charge in [0.05, 0.1) is 5.69 Å². The molecule has 0 spiro atoms. The first-order chi connectivity index (χ1) is 14.5. The molecule has 2 aromatic carbocycles. The minimum Gasteiger partial charge on any atom is -0.352 e. The smallest absolute Gasteiger partial charge is 0.321 e. The van der Waals surface area contributed by atoms with Crippen molar-refractivity contribution in [2.75, 3.05) is 36.4 Å². The molecule has 0 atom stereocenters. The number of rotatable bonds is 3. The molecule has 154 valence electrons. The van der Waals surface area contributed by atoms with E-state index in [0.29, 0.717) is 18.1 Å². The third-order valence-corrected chi connectivity index (χ3v) is 5.56. The molecule has 2 heterocycles. The van der Waals surface area contributed by atoms with Crippen LogP contribution >= 0.6 is 11.6 Å². The molecule has 3 aromatic rings. The van der Waals surface area contributed by atoms with E-state index >= 15 is 0 Å². The van der Waals surface area contributed by atoms with Crippen molar-refractivity contribution in [1.82, 2.24) is 15.1 Å². The molecule has 2 amide bonds. The van der Waals surface area contributed by atoms with Gasteiger partial charge < -0.3 is 15.1 Å². The number of aromatic nitrogens is 2. The molecule has 30 heavy (non-hydrogen) atoms. The molecule has 1 aliphatic rings. The van der Waals surface area contributed by atoms with Crippen molar-refractivity contribution in [1.29, 1.82) is 0 Å². The number of amides is 2. The van der Waals surface area contributed by atoms with Gasteiger partial charge in [-0.2, -0.15) is 0 Å². The van der Waals surface area contributed by atoms with E-state index in [1.807, 2.05) is 67.3 Å². The number of nitrogens with zero attached hydrogens (tertiary/aromatic N) is 4. The molecule has 1 saturated heterocycles. The number of carbonyl (C=O) groups excluding carboxylic acids is 1. The molecular formula is C23H24ClN5O. The van der Waals surface area contributed by atoms with Crippen molar-refractivity contribution in [2.24, 2.45) is 0 Å². The molecule has 1 fully saturated rings. The number of nitrogens with one attached hydrogen (secondary N) is 1. The third-order valence-electron chi connectivity index (χ3n) is 5.30. The maximum absolute atomic E-state index is 12.6. The van der Waals surface area contributed by atoms with Crippen LogP contribution in [0.15, 0.2) is 54.6 Å². The van der Waals surface area contributed by atoms with Crippen LogP contribution in [-0.2, 0) is 0 Å². The first-order valence-corrected chi connectivity index (χ1v) is 10.4. The number of benzene rings is 2. The Morgan fingerprint density at radius 2 is 1.67 bits per heavy atom. The van der Waals surface area contributed by atoms with Crippen LogP contribution in [0, 0.1) is 13.8 Å². The molecule has 0 bridgehead atoms. The zero-order valence-electron chi connectivity index (χ0n) is 17.1. The Morgan fingerprint density at radius 3 is 2.30 bits per heavy atom. The lowest BCUT2D eigenvalue weighted by molar-refractivity contribution is 0.208. The van der Waals surface area contributed by atoms with E-state index in [4.69, 9.17) is 11.6 Å². The summed E-state index contributed by atoms with van der Waals surface area (Å²) < 4.78 is 0. The van der Waals surface area contributed by atoms with E-state index in [0.717, 1.165) is 41.4 Å². The van der Waals surface area contributed by atoms with Gasteiger partial charge in [0, 0.05) is 42.5 Å². The van der Waals surface area contributed by atoms with Crippen molar-refractivity contribution in [2.45, 2.75) is 13.8 Å². The largest absolute Gasteiger partial charge is 0.352 e. The lowest BCUT2D eigenvalue weighted by Crippen LogP contribution is -2.50. The quantitative estimate of drug-likeness (QED) is 0.661. The fourth-order valence-electron chi connectivity index (χ4n) is 3.56. The zero-order valence-corrected chi connectivity index (χ0v) is 17.9. The maximum Gasteiger partial charge on any atom is 0.321 e. The number of hydrogen-bond donors (Lipinski definition) is 1. The van der Waals surface area contributed by atoms with E-state index in [-0.39, 0.29) is 6.03 Å². The Bertz CT molecular complexity index is 1030. The van der Waals surface area contributed by atoms with Crippen molar-refractivity contribution in [3.05, 3.63) is 70.7 Å². The highest BCUT2D eigenvalue weighted by Gasteiger charge is 2.22. The predicted molar refractivity (Wildman–Crippen MR) is 121 cm³/mol. The molecule has 1 aliphatic heterocycles. The minimum atomic E-state index is -0.0641. The van der Waals surface area contributed by atoms with E-state index < -0.39 is 0 Å². The average Bonchev–Trinajstić information content (AvgIpc) is 2.76. The van der Waals surface area contributed by atoms with Crippen LogP contribution in [-0.4, -0.2) is 47.3 Å². The van der Waals surface area contributed by atoms with Crippen LogP contribution in [0.3, 0.4) is 0 Å². The van der Waals surface area contributed by atoms with E-state index in [1.54, 1.807) is 0 Å².